The molecule has 0 atom stereocenters. The van der Waals surface area contributed by atoms with E-state index in [-0.39, 0.29) is 11.8 Å². The first-order valence-corrected chi connectivity index (χ1v) is 12.0. The van der Waals surface area contributed by atoms with Gasteiger partial charge in [-0.1, -0.05) is 15.9 Å². The van der Waals surface area contributed by atoms with E-state index in [1.807, 2.05) is 31.4 Å². The summed E-state index contributed by atoms with van der Waals surface area (Å²) in [5.74, 6) is 1.70. The van der Waals surface area contributed by atoms with Crippen molar-refractivity contribution < 1.29 is 19.3 Å². The van der Waals surface area contributed by atoms with Crippen LogP contribution in [0.2, 0.25) is 0 Å². The van der Waals surface area contributed by atoms with E-state index in [4.69, 9.17) is 19.2 Å². The number of methoxy groups -OCH3 is 3. The lowest BCUT2D eigenvalue weighted by Crippen LogP contribution is -2.14. The van der Waals surface area contributed by atoms with Crippen LogP contribution >= 0.6 is 43.2 Å². The van der Waals surface area contributed by atoms with Gasteiger partial charge in [-0.15, -0.1) is 11.3 Å². The number of benzene rings is 2. The predicted molar refractivity (Wildman–Crippen MR) is 135 cm³/mol. The zero-order chi connectivity index (χ0) is 23.4. The molecular weight excluding hydrogens is 562 g/mol. The highest BCUT2D eigenvalue weighted by Gasteiger charge is 2.17. The summed E-state index contributed by atoms with van der Waals surface area (Å²) in [6, 6.07) is 7.36. The molecule has 0 radical (unpaired) electrons. The van der Waals surface area contributed by atoms with E-state index in [2.05, 4.69) is 37.0 Å². The summed E-state index contributed by atoms with van der Waals surface area (Å²) in [6.07, 6.45) is 1.60. The topological polar surface area (TPSA) is 77.6 Å². The molecule has 32 heavy (non-hydrogen) atoms. The average molecular weight is 585 g/mol. The van der Waals surface area contributed by atoms with Gasteiger partial charge in [0.15, 0.2) is 11.5 Å². The first kappa shape index (κ1) is 24.3. The van der Waals surface area contributed by atoms with Gasteiger partial charge in [0.2, 0.25) is 10.6 Å². The van der Waals surface area contributed by atoms with Gasteiger partial charge in [0.05, 0.1) is 37.7 Å². The van der Waals surface area contributed by atoms with E-state index in [9.17, 15) is 5.11 Å². The van der Waals surface area contributed by atoms with Crippen LogP contribution in [-0.2, 0) is 0 Å². The number of halogens is 2. The van der Waals surface area contributed by atoms with Crippen molar-refractivity contribution >= 4 is 49.4 Å². The molecule has 0 saturated heterocycles. The predicted octanol–water partition coefficient (Wildman–Crippen LogP) is 5.66. The summed E-state index contributed by atoms with van der Waals surface area (Å²) < 4.78 is 19.6. The molecule has 3 aromatic rings. The second kappa shape index (κ2) is 10.5. The molecule has 3 rings (SSSR count). The summed E-state index contributed by atoms with van der Waals surface area (Å²) in [7, 11) is 4.72. The number of phenols is 1. The number of nitrogens with zero attached hydrogens (tertiary/aromatic N) is 3. The molecule has 0 bridgehead atoms. The van der Waals surface area contributed by atoms with Crippen molar-refractivity contribution in [3.05, 3.63) is 49.0 Å². The average Bonchev–Trinajstić information content (AvgIpc) is 3.15. The molecular formula is C22H23Br2N3O4S. The van der Waals surface area contributed by atoms with Gasteiger partial charge < -0.3 is 19.3 Å². The molecule has 2 aromatic carbocycles. The van der Waals surface area contributed by atoms with Crippen molar-refractivity contribution in [3.63, 3.8) is 0 Å². The Balaban J connectivity index is 2.21. The molecule has 0 fully saturated rings. The zero-order valence-corrected chi connectivity index (χ0v) is 22.2. The van der Waals surface area contributed by atoms with Crippen molar-refractivity contribution in [1.82, 2.24) is 4.68 Å². The van der Waals surface area contributed by atoms with Gasteiger partial charge in [-0.2, -0.15) is 5.10 Å². The summed E-state index contributed by atoms with van der Waals surface area (Å²) in [5.41, 5.74) is 2.16. The third-order valence-electron chi connectivity index (χ3n) is 4.38. The maximum absolute atomic E-state index is 10.4. The van der Waals surface area contributed by atoms with Crippen LogP contribution in [0.1, 0.15) is 19.4 Å². The van der Waals surface area contributed by atoms with Gasteiger partial charge in [0, 0.05) is 27.0 Å². The number of aromatic nitrogens is 1. The monoisotopic (exact) mass is 583 g/mol. The molecule has 0 aliphatic carbocycles. The molecule has 0 aliphatic heterocycles. The van der Waals surface area contributed by atoms with Gasteiger partial charge in [-0.05, 0) is 54.0 Å². The van der Waals surface area contributed by atoms with Crippen molar-refractivity contribution in [3.8, 4) is 34.3 Å². The summed E-state index contributed by atoms with van der Waals surface area (Å²) >= 11 is 8.27. The van der Waals surface area contributed by atoms with Crippen LogP contribution in [0.4, 0.5) is 0 Å². The Bertz CT molecular complexity index is 1190. The lowest BCUT2D eigenvalue weighted by atomic mass is 10.1. The number of thiazole rings is 1. The molecule has 170 valence electrons. The first-order chi connectivity index (χ1) is 15.3. The maximum atomic E-state index is 10.4. The van der Waals surface area contributed by atoms with E-state index in [0.29, 0.717) is 32.1 Å². The van der Waals surface area contributed by atoms with Crippen LogP contribution in [0.3, 0.4) is 0 Å². The lowest BCUT2D eigenvalue weighted by molar-refractivity contribution is 0.324. The van der Waals surface area contributed by atoms with Gasteiger partial charge in [0.1, 0.15) is 5.75 Å². The molecule has 1 N–H and O–H groups in total. The van der Waals surface area contributed by atoms with Gasteiger partial charge in [-0.3, -0.25) is 4.99 Å². The normalized spacial score (nSPS) is 12.1. The minimum atomic E-state index is 0.0799. The van der Waals surface area contributed by atoms with Crippen LogP contribution in [0.25, 0.3) is 11.3 Å². The molecule has 0 saturated carbocycles. The Kier molecular flexibility index (Phi) is 8.02. The van der Waals surface area contributed by atoms with E-state index in [0.717, 1.165) is 15.7 Å². The minimum absolute atomic E-state index is 0.0799. The Morgan fingerprint density at radius 1 is 1.03 bits per heavy atom. The largest absolute Gasteiger partial charge is 0.506 e. The second-order valence-corrected chi connectivity index (χ2v) is 9.53. The smallest absolute Gasteiger partial charge is 0.206 e. The zero-order valence-electron chi connectivity index (χ0n) is 18.2. The first-order valence-electron chi connectivity index (χ1n) is 9.56. The van der Waals surface area contributed by atoms with Crippen LogP contribution in [0.5, 0.6) is 23.0 Å². The Morgan fingerprint density at radius 3 is 2.25 bits per heavy atom. The highest BCUT2D eigenvalue weighted by atomic mass is 79.9. The second-order valence-electron chi connectivity index (χ2n) is 6.92. The highest BCUT2D eigenvalue weighted by Crippen LogP contribution is 2.41. The highest BCUT2D eigenvalue weighted by molar-refractivity contribution is 9.11. The number of aromatic hydroxyl groups is 1. The molecule has 0 unspecified atom stereocenters. The molecule has 1 aromatic heterocycles. The van der Waals surface area contributed by atoms with Gasteiger partial charge in [0.25, 0.3) is 0 Å². The van der Waals surface area contributed by atoms with E-state index >= 15 is 0 Å². The fourth-order valence-electron chi connectivity index (χ4n) is 2.95. The van der Waals surface area contributed by atoms with Crippen LogP contribution in [0.15, 0.2) is 48.7 Å². The molecule has 1 heterocycles. The Labute approximate surface area is 207 Å². The molecule has 0 amide bonds. The fourth-order valence-corrected chi connectivity index (χ4v) is 5.18. The number of hydrogen-bond donors (Lipinski definition) is 1. The minimum Gasteiger partial charge on any atom is -0.506 e. The van der Waals surface area contributed by atoms with Gasteiger partial charge >= 0.3 is 0 Å². The SMILES string of the molecule is COc1cc(-c2csc(=NC(C)C)n2N=Cc2cc(Br)cc(Br)c2O)cc(OC)c1OC. The van der Waals surface area contributed by atoms with Gasteiger partial charge in [-0.25, -0.2) is 4.68 Å². The molecule has 10 heteroatoms. The summed E-state index contributed by atoms with van der Waals surface area (Å²) in [6.45, 7) is 4.01. The number of phenolic OH excluding ortho intramolecular Hbond substituents is 1. The standard InChI is InChI=1S/C22H23Br2N3O4S/c1-12(2)26-22-27(25-10-14-6-15(23)9-16(24)20(14)28)17(11-32-22)13-7-18(29-3)21(31-5)19(8-13)30-4/h6-12,28H,1-5H3. The number of hydrogen-bond acceptors (Lipinski definition) is 7. The third-order valence-corrected chi connectivity index (χ3v) is 6.28. The van der Waals surface area contributed by atoms with E-state index in [1.165, 1.54) is 11.3 Å². The van der Waals surface area contributed by atoms with E-state index < -0.39 is 0 Å². The van der Waals surface area contributed by atoms with Crippen LogP contribution in [0, 0.1) is 0 Å². The van der Waals surface area contributed by atoms with Crippen molar-refractivity contribution in [1.29, 1.82) is 0 Å². The Morgan fingerprint density at radius 2 is 1.69 bits per heavy atom. The molecule has 0 aliphatic rings. The quantitative estimate of drug-likeness (QED) is 0.363. The van der Waals surface area contributed by atoms with Crippen molar-refractivity contribution in [2.24, 2.45) is 10.1 Å². The van der Waals surface area contributed by atoms with Crippen molar-refractivity contribution in [2.45, 2.75) is 19.9 Å². The number of rotatable bonds is 7. The summed E-state index contributed by atoms with van der Waals surface area (Å²) in [5, 5.41) is 17.0. The fraction of sp³-hybridized carbons (Fsp3) is 0.273. The third kappa shape index (κ3) is 5.19. The van der Waals surface area contributed by atoms with Crippen molar-refractivity contribution in [2.75, 3.05) is 21.3 Å². The maximum Gasteiger partial charge on any atom is 0.206 e. The van der Waals surface area contributed by atoms with E-state index in [1.54, 1.807) is 44.4 Å². The molecule has 0 spiro atoms. The Hall–Kier alpha value is -2.30. The number of ether oxygens (including phenoxy) is 3. The van der Waals surface area contributed by atoms with Crippen LogP contribution < -0.4 is 19.0 Å². The molecule has 7 nitrogen and oxygen atoms in total. The summed E-state index contributed by atoms with van der Waals surface area (Å²) in [4.78, 5) is 5.41. The lowest BCUT2D eigenvalue weighted by Gasteiger charge is -2.14. The van der Waals surface area contributed by atoms with Crippen LogP contribution in [-0.4, -0.2) is 43.4 Å².